The van der Waals surface area contributed by atoms with Crippen LogP contribution in [0.4, 0.5) is 5.69 Å². The molecule has 2 aromatic carbocycles. The fourth-order valence-electron chi connectivity index (χ4n) is 5.23. The molecule has 0 atom stereocenters. The number of hydrogen-bond acceptors (Lipinski definition) is 5. The van der Waals surface area contributed by atoms with Crippen molar-refractivity contribution in [3.8, 4) is 11.4 Å². The van der Waals surface area contributed by atoms with Crippen molar-refractivity contribution >= 4 is 33.3 Å². The molecule has 9 heteroatoms. The molecule has 3 heterocycles. The summed E-state index contributed by atoms with van der Waals surface area (Å²) in [7, 11) is -3.69. The summed E-state index contributed by atoms with van der Waals surface area (Å²) in [5.41, 5.74) is 5.78. The minimum atomic E-state index is -3.69. The minimum Gasteiger partial charge on any atom is -0.494 e. The first kappa shape index (κ1) is 26.2. The van der Waals surface area contributed by atoms with Crippen LogP contribution in [-0.2, 0) is 19.6 Å². The van der Waals surface area contributed by atoms with E-state index in [1.165, 1.54) is 4.31 Å². The largest absolute Gasteiger partial charge is 0.494 e. The third-order valence-electron chi connectivity index (χ3n) is 7.12. The number of aryl methyl sites for hydroxylation is 1. The molecule has 200 valence electrons. The quantitative estimate of drug-likeness (QED) is 0.419. The van der Waals surface area contributed by atoms with Crippen molar-refractivity contribution in [3.05, 3.63) is 71.0 Å². The van der Waals surface area contributed by atoms with Gasteiger partial charge in [-0.05, 0) is 87.9 Å². The second-order valence-electron chi connectivity index (χ2n) is 9.39. The molecule has 0 radical (unpaired) electrons. The zero-order chi connectivity index (χ0) is 27.0. The van der Waals surface area contributed by atoms with Crippen LogP contribution in [-0.4, -0.2) is 62.7 Å². The minimum absolute atomic E-state index is 0.130. The summed E-state index contributed by atoms with van der Waals surface area (Å²) in [5, 5.41) is 0. The van der Waals surface area contributed by atoms with E-state index in [1.54, 1.807) is 23.1 Å². The zero-order valence-corrected chi connectivity index (χ0v) is 23.0. The Balaban J connectivity index is 1.56. The monoisotopic (exact) mass is 535 g/mol. The summed E-state index contributed by atoms with van der Waals surface area (Å²) >= 11 is 0. The fraction of sp³-hybridized carbons (Fsp3) is 0.345. The van der Waals surface area contributed by atoms with Crippen LogP contribution in [0.2, 0.25) is 0 Å². The van der Waals surface area contributed by atoms with Crippen LogP contribution < -0.4 is 9.64 Å². The lowest BCUT2D eigenvalue weighted by atomic mass is 10.0. The van der Waals surface area contributed by atoms with E-state index in [0.29, 0.717) is 50.6 Å². The maximum Gasteiger partial charge on any atom is 0.258 e. The van der Waals surface area contributed by atoms with Crippen molar-refractivity contribution in [2.45, 2.75) is 32.6 Å². The molecule has 2 aliphatic rings. The van der Waals surface area contributed by atoms with Gasteiger partial charge in [-0.1, -0.05) is 0 Å². The number of sulfonamides is 1. The lowest BCUT2D eigenvalue weighted by Gasteiger charge is -2.26. The number of anilines is 1. The van der Waals surface area contributed by atoms with E-state index in [0.717, 1.165) is 34.1 Å². The van der Waals surface area contributed by atoms with Crippen LogP contribution in [0, 0.1) is 13.8 Å². The molecule has 1 fully saturated rings. The van der Waals surface area contributed by atoms with E-state index >= 15 is 0 Å². The van der Waals surface area contributed by atoms with Crippen molar-refractivity contribution in [2.24, 2.45) is 0 Å². The summed E-state index contributed by atoms with van der Waals surface area (Å²) in [6.45, 7) is 10.4. The molecule has 0 bridgehead atoms. The van der Waals surface area contributed by atoms with Crippen molar-refractivity contribution < 1.29 is 22.7 Å². The Kier molecular flexibility index (Phi) is 7.17. The van der Waals surface area contributed by atoms with Gasteiger partial charge in [-0.25, -0.2) is 8.42 Å². The standard InChI is InChI=1S/C29H33N3O5S/c1-5-31-28-12-11-25(38(34,35)30-13-15-36-16-14-30)19-26(28)27(29(31)33)18-22-17-20(3)32(21(22)4)23-7-9-24(10-8-23)37-6-2/h7-12,17-19H,5-6,13-16H2,1-4H3/b27-18+. The van der Waals surface area contributed by atoms with Gasteiger partial charge in [0.25, 0.3) is 5.91 Å². The van der Waals surface area contributed by atoms with E-state index in [2.05, 4.69) is 10.6 Å². The number of benzene rings is 2. The van der Waals surface area contributed by atoms with Crippen LogP contribution in [0.3, 0.4) is 0 Å². The topological polar surface area (TPSA) is 81.1 Å². The maximum absolute atomic E-state index is 13.5. The van der Waals surface area contributed by atoms with Gasteiger partial charge in [0.1, 0.15) is 5.75 Å². The molecule has 0 N–H and O–H groups in total. The first-order chi connectivity index (χ1) is 18.3. The smallest absolute Gasteiger partial charge is 0.258 e. The number of amides is 1. The molecule has 1 amide bonds. The number of likely N-dealkylation sites (N-methyl/N-ethyl adjacent to an activating group) is 1. The molecular weight excluding hydrogens is 502 g/mol. The molecule has 2 aliphatic heterocycles. The highest BCUT2D eigenvalue weighted by Crippen LogP contribution is 2.40. The highest BCUT2D eigenvalue weighted by molar-refractivity contribution is 7.89. The number of fused-ring (bicyclic) bond motifs is 1. The first-order valence-electron chi connectivity index (χ1n) is 12.9. The molecule has 1 aromatic heterocycles. The summed E-state index contributed by atoms with van der Waals surface area (Å²) in [6, 6.07) is 15.0. The van der Waals surface area contributed by atoms with E-state index in [9.17, 15) is 13.2 Å². The fourth-order valence-corrected chi connectivity index (χ4v) is 6.67. The number of aromatic nitrogens is 1. The number of hydrogen-bond donors (Lipinski definition) is 0. The summed E-state index contributed by atoms with van der Waals surface area (Å²) < 4.78 is 41.2. The van der Waals surface area contributed by atoms with Gasteiger partial charge in [0, 0.05) is 47.8 Å². The number of nitrogens with zero attached hydrogens (tertiary/aromatic N) is 3. The van der Waals surface area contributed by atoms with Gasteiger partial charge in [-0.15, -0.1) is 0 Å². The molecule has 3 aromatic rings. The second kappa shape index (κ2) is 10.4. The Bertz CT molecular complexity index is 1500. The number of carbonyl (C=O) groups is 1. The summed E-state index contributed by atoms with van der Waals surface area (Å²) in [5.74, 6) is 0.686. The third-order valence-corrected chi connectivity index (χ3v) is 9.02. The average Bonchev–Trinajstić information content (AvgIpc) is 3.36. The highest BCUT2D eigenvalue weighted by Gasteiger charge is 2.34. The average molecular weight is 536 g/mol. The van der Waals surface area contributed by atoms with Crippen LogP contribution in [0.15, 0.2) is 53.4 Å². The second-order valence-corrected chi connectivity index (χ2v) is 11.3. The summed E-state index contributed by atoms with van der Waals surface area (Å²) in [4.78, 5) is 15.4. The Morgan fingerprint density at radius 1 is 1.00 bits per heavy atom. The van der Waals surface area contributed by atoms with Crippen molar-refractivity contribution in [1.82, 2.24) is 8.87 Å². The normalized spacial score (nSPS) is 17.3. The Labute approximate surface area is 224 Å². The van der Waals surface area contributed by atoms with Gasteiger partial charge >= 0.3 is 0 Å². The van der Waals surface area contributed by atoms with Gasteiger partial charge in [0.05, 0.1) is 30.4 Å². The molecule has 38 heavy (non-hydrogen) atoms. The van der Waals surface area contributed by atoms with Gasteiger partial charge in [0.15, 0.2) is 0 Å². The first-order valence-corrected chi connectivity index (χ1v) is 14.4. The molecule has 0 spiro atoms. The molecule has 0 saturated carbocycles. The molecule has 8 nitrogen and oxygen atoms in total. The molecule has 1 saturated heterocycles. The van der Waals surface area contributed by atoms with Crippen LogP contribution in [0.1, 0.15) is 36.4 Å². The van der Waals surface area contributed by atoms with Crippen LogP contribution in [0.25, 0.3) is 17.3 Å². The van der Waals surface area contributed by atoms with E-state index < -0.39 is 10.0 Å². The van der Waals surface area contributed by atoms with E-state index in [-0.39, 0.29) is 10.8 Å². The SMILES string of the molecule is CCOc1ccc(-n2c(C)cc(/C=C3/C(=O)N(CC)c4ccc(S(=O)(=O)N5CCOCC5)cc43)c2C)cc1. The van der Waals surface area contributed by atoms with Crippen molar-refractivity contribution in [2.75, 3.05) is 44.4 Å². The maximum atomic E-state index is 13.5. The van der Waals surface area contributed by atoms with E-state index in [4.69, 9.17) is 9.47 Å². The van der Waals surface area contributed by atoms with Gasteiger partial charge in [-0.3, -0.25) is 4.79 Å². The van der Waals surface area contributed by atoms with Gasteiger partial charge < -0.3 is 18.9 Å². The van der Waals surface area contributed by atoms with E-state index in [1.807, 2.05) is 58.0 Å². The molecule has 5 rings (SSSR count). The number of morpholine rings is 1. The lowest BCUT2D eigenvalue weighted by molar-refractivity contribution is -0.112. The highest BCUT2D eigenvalue weighted by atomic mass is 32.2. The molecule has 0 aliphatic carbocycles. The molecular formula is C29H33N3O5S. The number of ether oxygens (including phenoxy) is 2. The number of carbonyl (C=O) groups excluding carboxylic acids is 1. The third kappa shape index (κ3) is 4.55. The lowest BCUT2D eigenvalue weighted by Crippen LogP contribution is -2.40. The van der Waals surface area contributed by atoms with Gasteiger partial charge in [0.2, 0.25) is 10.0 Å². The van der Waals surface area contributed by atoms with Gasteiger partial charge in [-0.2, -0.15) is 4.31 Å². The Morgan fingerprint density at radius 3 is 2.37 bits per heavy atom. The summed E-state index contributed by atoms with van der Waals surface area (Å²) in [6.07, 6.45) is 1.88. The van der Waals surface area contributed by atoms with Crippen LogP contribution in [0.5, 0.6) is 5.75 Å². The predicted molar refractivity (Wildman–Crippen MR) is 148 cm³/mol. The van der Waals surface area contributed by atoms with Crippen LogP contribution >= 0.6 is 0 Å². The molecule has 0 unspecified atom stereocenters. The zero-order valence-electron chi connectivity index (χ0n) is 22.2. The Hall–Kier alpha value is -3.40. The predicted octanol–water partition coefficient (Wildman–Crippen LogP) is 4.42. The Morgan fingerprint density at radius 2 is 1.71 bits per heavy atom. The van der Waals surface area contributed by atoms with Crippen molar-refractivity contribution in [1.29, 1.82) is 0 Å². The number of rotatable bonds is 7. The van der Waals surface area contributed by atoms with Crippen molar-refractivity contribution in [3.63, 3.8) is 0 Å².